The molecule has 0 bridgehead atoms. The highest BCUT2D eigenvalue weighted by atomic mass is 32.2. The first-order valence-electron chi connectivity index (χ1n) is 7.41. The van der Waals surface area contributed by atoms with Crippen molar-refractivity contribution in [2.24, 2.45) is 0 Å². The first-order chi connectivity index (χ1) is 12.2. The van der Waals surface area contributed by atoms with Crippen LogP contribution in [0.1, 0.15) is 15.4 Å². The van der Waals surface area contributed by atoms with Gasteiger partial charge < -0.3 is 5.73 Å². The normalized spacial score (nSPS) is 11.3. The molecule has 0 aliphatic heterocycles. The van der Waals surface area contributed by atoms with Gasteiger partial charge in [-0.3, -0.25) is 10.1 Å². The lowest BCUT2D eigenvalue weighted by molar-refractivity contribution is 0.102. The summed E-state index contributed by atoms with van der Waals surface area (Å²) in [4.78, 5) is 25.9. The number of sulfone groups is 1. The van der Waals surface area contributed by atoms with E-state index in [0.29, 0.717) is 16.4 Å². The first-order valence-corrected chi connectivity index (χ1v) is 10.1. The van der Waals surface area contributed by atoms with Crippen LogP contribution in [-0.4, -0.2) is 35.5 Å². The van der Waals surface area contributed by atoms with Gasteiger partial charge in [-0.2, -0.15) is 0 Å². The van der Waals surface area contributed by atoms with Crippen molar-refractivity contribution in [3.8, 4) is 11.3 Å². The number of nitrogens with one attached hydrogen (secondary N) is 1. The minimum Gasteiger partial charge on any atom is -0.382 e. The van der Waals surface area contributed by atoms with E-state index in [-0.39, 0.29) is 16.4 Å². The summed E-state index contributed by atoms with van der Waals surface area (Å²) in [6.07, 6.45) is 4.21. The molecule has 1 amide bonds. The Morgan fingerprint density at radius 3 is 2.42 bits per heavy atom. The summed E-state index contributed by atoms with van der Waals surface area (Å²) in [6, 6.07) is 6.15. The molecule has 0 fully saturated rings. The molecule has 10 heteroatoms. The predicted octanol–water partition coefficient (Wildman–Crippen LogP) is 2.15. The highest BCUT2D eigenvalue weighted by molar-refractivity contribution is 7.90. The molecule has 0 aliphatic carbocycles. The zero-order valence-electron chi connectivity index (χ0n) is 13.9. The Balaban J connectivity index is 1.91. The standard InChI is InChI=1S/C16H15N5O3S2/c1-9-7-19-16(25-9)21-15(22)13-14(17)18-8-12(20-13)10-3-5-11(6-4-10)26(2,23)24/h3-8H,1-2H3,(H2,17,18)(H,19,21,22). The topological polar surface area (TPSA) is 128 Å². The zero-order valence-corrected chi connectivity index (χ0v) is 15.6. The van der Waals surface area contributed by atoms with Gasteiger partial charge >= 0.3 is 0 Å². The van der Waals surface area contributed by atoms with Gasteiger partial charge in [0.05, 0.1) is 16.8 Å². The molecule has 2 heterocycles. The number of carbonyl (C=O) groups excluding carboxylic acids is 1. The third-order valence-corrected chi connectivity index (χ3v) is 5.39. The van der Waals surface area contributed by atoms with E-state index in [4.69, 9.17) is 5.73 Å². The fourth-order valence-corrected chi connectivity index (χ4v) is 3.44. The zero-order chi connectivity index (χ0) is 18.9. The molecule has 134 valence electrons. The van der Waals surface area contributed by atoms with E-state index in [9.17, 15) is 13.2 Å². The van der Waals surface area contributed by atoms with Crippen LogP contribution in [0.4, 0.5) is 10.9 Å². The van der Waals surface area contributed by atoms with E-state index in [0.717, 1.165) is 11.1 Å². The van der Waals surface area contributed by atoms with Crippen molar-refractivity contribution in [1.29, 1.82) is 0 Å². The quantitative estimate of drug-likeness (QED) is 0.699. The number of carbonyl (C=O) groups is 1. The van der Waals surface area contributed by atoms with E-state index in [1.165, 1.54) is 29.7 Å². The summed E-state index contributed by atoms with van der Waals surface area (Å²) in [6.45, 7) is 1.88. The molecule has 0 aliphatic rings. The van der Waals surface area contributed by atoms with Crippen molar-refractivity contribution >= 4 is 38.0 Å². The van der Waals surface area contributed by atoms with Crippen molar-refractivity contribution in [1.82, 2.24) is 15.0 Å². The summed E-state index contributed by atoms with van der Waals surface area (Å²) in [5.41, 5.74) is 6.77. The Morgan fingerprint density at radius 1 is 1.15 bits per heavy atom. The number of nitrogen functional groups attached to an aromatic ring is 1. The number of rotatable bonds is 4. The monoisotopic (exact) mass is 389 g/mol. The number of benzene rings is 1. The second-order valence-corrected chi connectivity index (χ2v) is 8.77. The third kappa shape index (κ3) is 3.86. The molecule has 0 unspecified atom stereocenters. The van der Waals surface area contributed by atoms with E-state index >= 15 is 0 Å². The van der Waals surface area contributed by atoms with Crippen LogP contribution >= 0.6 is 11.3 Å². The smallest absolute Gasteiger partial charge is 0.279 e. The molecular weight excluding hydrogens is 374 g/mol. The lowest BCUT2D eigenvalue weighted by Gasteiger charge is -2.07. The maximum atomic E-state index is 12.4. The summed E-state index contributed by atoms with van der Waals surface area (Å²) in [7, 11) is -3.29. The SMILES string of the molecule is Cc1cnc(NC(=O)c2nc(-c3ccc(S(C)(=O)=O)cc3)cnc2N)s1. The number of nitrogens with two attached hydrogens (primary N) is 1. The second-order valence-electron chi connectivity index (χ2n) is 5.52. The molecule has 3 rings (SSSR count). The van der Waals surface area contributed by atoms with Gasteiger partial charge in [0.1, 0.15) is 0 Å². The molecule has 0 atom stereocenters. The van der Waals surface area contributed by atoms with Crippen LogP contribution in [0.5, 0.6) is 0 Å². The maximum Gasteiger partial charge on any atom is 0.279 e. The first kappa shape index (κ1) is 18.0. The highest BCUT2D eigenvalue weighted by Crippen LogP contribution is 2.22. The van der Waals surface area contributed by atoms with Crippen molar-refractivity contribution in [2.75, 3.05) is 17.3 Å². The highest BCUT2D eigenvalue weighted by Gasteiger charge is 2.16. The summed E-state index contributed by atoms with van der Waals surface area (Å²) < 4.78 is 23.1. The van der Waals surface area contributed by atoms with Gasteiger partial charge in [0, 0.05) is 22.9 Å². The molecule has 26 heavy (non-hydrogen) atoms. The van der Waals surface area contributed by atoms with Crippen LogP contribution in [0.3, 0.4) is 0 Å². The summed E-state index contributed by atoms with van der Waals surface area (Å²) in [5.74, 6) is -0.522. The van der Waals surface area contributed by atoms with E-state index in [2.05, 4.69) is 20.3 Å². The fourth-order valence-electron chi connectivity index (χ4n) is 2.15. The van der Waals surface area contributed by atoms with Gasteiger partial charge in [-0.1, -0.05) is 12.1 Å². The van der Waals surface area contributed by atoms with Gasteiger partial charge in [0.2, 0.25) is 0 Å². The number of anilines is 2. The molecule has 3 aromatic rings. The van der Waals surface area contributed by atoms with E-state index in [1.807, 2.05) is 6.92 Å². The van der Waals surface area contributed by atoms with E-state index < -0.39 is 15.7 Å². The molecule has 0 saturated heterocycles. The van der Waals surface area contributed by atoms with Crippen molar-refractivity contribution in [3.63, 3.8) is 0 Å². The van der Waals surface area contributed by atoms with E-state index in [1.54, 1.807) is 18.3 Å². The van der Waals surface area contributed by atoms with Crippen LogP contribution in [0.25, 0.3) is 11.3 Å². The average Bonchev–Trinajstić information content (AvgIpc) is 2.99. The number of thiazole rings is 1. The van der Waals surface area contributed by atoms with Crippen LogP contribution in [0, 0.1) is 6.92 Å². The number of amides is 1. The molecule has 2 aromatic heterocycles. The molecule has 0 spiro atoms. The second kappa shape index (κ2) is 6.81. The minimum atomic E-state index is -3.29. The molecule has 0 saturated carbocycles. The molecule has 1 aromatic carbocycles. The number of aryl methyl sites for hydroxylation is 1. The van der Waals surface area contributed by atoms with Crippen LogP contribution in [0.2, 0.25) is 0 Å². The Kier molecular flexibility index (Phi) is 4.70. The Bertz CT molecular complexity index is 1080. The molecular formula is C16H15N5O3S2. The van der Waals surface area contributed by atoms with Gasteiger partial charge in [-0.05, 0) is 19.1 Å². The van der Waals surface area contributed by atoms with Gasteiger partial charge in [-0.25, -0.2) is 23.4 Å². The molecule has 0 radical (unpaired) electrons. The average molecular weight is 389 g/mol. The Morgan fingerprint density at radius 2 is 1.85 bits per heavy atom. The van der Waals surface area contributed by atoms with Crippen LogP contribution in [0.15, 0.2) is 41.6 Å². The third-order valence-electron chi connectivity index (χ3n) is 3.44. The fraction of sp³-hybridized carbons (Fsp3) is 0.125. The van der Waals surface area contributed by atoms with Crippen molar-refractivity contribution in [3.05, 3.63) is 47.2 Å². The van der Waals surface area contributed by atoms with Crippen LogP contribution < -0.4 is 11.1 Å². The number of hydrogen-bond acceptors (Lipinski definition) is 8. The Hall–Kier alpha value is -2.85. The lowest BCUT2D eigenvalue weighted by atomic mass is 10.1. The van der Waals surface area contributed by atoms with Gasteiger partial charge in [-0.15, -0.1) is 11.3 Å². The molecule has 8 nitrogen and oxygen atoms in total. The number of aromatic nitrogens is 3. The van der Waals surface area contributed by atoms with Gasteiger partial charge in [0.15, 0.2) is 26.5 Å². The Labute approximate surface area is 154 Å². The largest absolute Gasteiger partial charge is 0.382 e. The summed E-state index contributed by atoms with van der Waals surface area (Å²) >= 11 is 1.33. The van der Waals surface area contributed by atoms with Crippen LogP contribution in [-0.2, 0) is 9.84 Å². The number of nitrogens with zero attached hydrogens (tertiary/aromatic N) is 3. The van der Waals surface area contributed by atoms with Gasteiger partial charge in [0.25, 0.3) is 5.91 Å². The summed E-state index contributed by atoms with van der Waals surface area (Å²) in [5, 5.41) is 3.08. The minimum absolute atomic E-state index is 0.00714. The maximum absolute atomic E-state index is 12.4. The predicted molar refractivity (Wildman–Crippen MR) is 99.8 cm³/mol. The molecule has 3 N–H and O–H groups in total. The van der Waals surface area contributed by atoms with Crippen molar-refractivity contribution < 1.29 is 13.2 Å². The lowest BCUT2D eigenvalue weighted by Crippen LogP contribution is -2.17. The van der Waals surface area contributed by atoms with Crippen molar-refractivity contribution in [2.45, 2.75) is 11.8 Å². The number of hydrogen-bond donors (Lipinski definition) is 2.